The Labute approximate surface area is 103 Å². The molecule has 4 N–H and O–H groups in total. The standard InChI is InChI=1S/C12H13NO5/c1-7(12(17)18)13-11(16)5-3-8-2-4-9(14)10(15)6-8/h2-7,14-15H,1H3,(H,13,16)(H,17,18)/b5-3+/t7-/m1/s1. The number of amides is 1. The molecule has 0 saturated heterocycles. The van der Waals surface area contributed by atoms with Crippen LogP contribution in [0.2, 0.25) is 0 Å². The van der Waals surface area contributed by atoms with Gasteiger partial charge in [-0.25, -0.2) is 0 Å². The lowest BCUT2D eigenvalue weighted by atomic mass is 10.2. The van der Waals surface area contributed by atoms with E-state index in [-0.39, 0.29) is 11.5 Å². The van der Waals surface area contributed by atoms with Gasteiger partial charge < -0.3 is 20.6 Å². The zero-order chi connectivity index (χ0) is 13.7. The Morgan fingerprint density at radius 1 is 1.28 bits per heavy atom. The first-order valence-corrected chi connectivity index (χ1v) is 5.13. The Hall–Kier alpha value is -2.50. The number of phenols is 2. The van der Waals surface area contributed by atoms with Crippen molar-refractivity contribution >= 4 is 18.0 Å². The molecule has 0 aliphatic carbocycles. The number of carbonyl (C=O) groups excluding carboxylic acids is 1. The predicted octanol–water partition coefficient (Wildman–Crippen LogP) is 0.700. The van der Waals surface area contributed by atoms with Crippen LogP contribution in [0.25, 0.3) is 6.08 Å². The maximum Gasteiger partial charge on any atom is 0.325 e. The molecule has 1 amide bonds. The van der Waals surface area contributed by atoms with Crippen LogP contribution in [-0.4, -0.2) is 33.2 Å². The van der Waals surface area contributed by atoms with E-state index >= 15 is 0 Å². The second-order valence-corrected chi connectivity index (χ2v) is 3.65. The van der Waals surface area contributed by atoms with Crippen molar-refractivity contribution in [2.45, 2.75) is 13.0 Å². The SMILES string of the molecule is C[C@@H](NC(=O)/C=C/c1ccc(O)c(O)c1)C(=O)O. The highest BCUT2D eigenvalue weighted by Crippen LogP contribution is 2.25. The van der Waals surface area contributed by atoms with Crippen LogP contribution >= 0.6 is 0 Å². The number of rotatable bonds is 4. The fourth-order valence-corrected chi connectivity index (χ4v) is 1.14. The molecule has 1 aromatic carbocycles. The molecule has 6 nitrogen and oxygen atoms in total. The Morgan fingerprint density at radius 3 is 2.50 bits per heavy atom. The highest BCUT2D eigenvalue weighted by atomic mass is 16.4. The molecule has 0 unspecified atom stereocenters. The molecule has 0 aliphatic heterocycles. The van der Waals surface area contributed by atoms with E-state index in [1.807, 2.05) is 0 Å². The summed E-state index contributed by atoms with van der Waals surface area (Å²) in [6.45, 7) is 1.35. The first kappa shape index (κ1) is 13.6. The summed E-state index contributed by atoms with van der Waals surface area (Å²) in [6.07, 6.45) is 2.54. The smallest absolute Gasteiger partial charge is 0.325 e. The molecule has 6 heteroatoms. The van der Waals surface area contributed by atoms with Crippen LogP contribution in [-0.2, 0) is 9.59 Å². The molecule has 0 saturated carbocycles. The Kier molecular flexibility index (Phi) is 4.31. The molecule has 0 spiro atoms. The summed E-state index contributed by atoms with van der Waals surface area (Å²) in [7, 11) is 0. The second-order valence-electron chi connectivity index (χ2n) is 3.65. The Bertz CT molecular complexity index is 495. The number of benzene rings is 1. The minimum atomic E-state index is -1.13. The van der Waals surface area contributed by atoms with Crippen LogP contribution in [0.15, 0.2) is 24.3 Å². The topological polar surface area (TPSA) is 107 Å². The van der Waals surface area contributed by atoms with Gasteiger partial charge in [0.05, 0.1) is 0 Å². The number of carboxylic acids is 1. The van der Waals surface area contributed by atoms with E-state index in [2.05, 4.69) is 5.32 Å². The molecule has 0 bridgehead atoms. The van der Waals surface area contributed by atoms with Gasteiger partial charge in [-0.3, -0.25) is 9.59 Å². The fourth-order valence-electron chi connectivity index (χ4n) is 1.14. The number of nitrogens with one attached hydrogen (secondary N) is 1. The lowest BCUT2D eigenvalue weighted by Crippen LogP contribution is -2.37. The molecular weight excluding hydrogens is 238 g/mol. The predicted molar refractivity (Wildman–Crippen MR) is 64.0 cm³/mol. The van der Waals surface area contributed by atoms with Crippen LogP contribution in [0, 0.1) is 0 Å². The largest absolute Gasteiger partial charge is 0.504 e. The van der Waals surface area contributed by atoms with Crippen LogP contribution in [0.3, 0.4) is 0 Å². The van der Waals surface area contributed by atoms with E-state index in [0.717, 1.165) is 6.08 Å². The zero-order valence-electron chi connectivity index (χ0n) is 9.62. The van der Waals surface area contributed by atoms with Gasteiger partial charge in [-0.05, 0) is 30.7 Å². The molecule has 0 heterocycles. The minimum absolute atomic E-state index is 0.254. The number of aliphatic carboxylic acids is 1. The summed E-state index contributed by atoms with van der Waals surface area (Å²) >= 11 is 0. The number of carboxylic acid groups (broad SMARTS) is 1. The summed E-state index contributed by atoms with van der Waals surface area (Å²) in [4.78, 5) is 21.8. The van der Waals surface area contributed by atoms with Gasteiger partial charge in [0.1, 0.15) is 6.04 Å². The molecule has 1 aromatic rings. The van der Waals surface area contributed by atoms with Gasteiger partial charge in [-0.2, -0.15) is 0 Å². The molecule has 0 fully saturated rings. The van der Waals surface area contributed by atoms with Gasteiger partial charge in [0, 0.05) is 6.08 Å². The lowest BCUT2D eigenvalue weighted by molar-refractivity contribution is -0.140. The Balaban J connectivity index is 2.66. The van der Waals surface area contributed by atoms with Crippen LogP contribution in [0.5, 0.6) is 11.5 Å². The number of aromatic hydroxyl groups is 2. The summed E-state index contributed by atoms with van der Waals surface area (Å²) in [5.74, 6) is -2.23. The van der Waals surface area contributed by atoms with Gasteiger partial charge in [-0.15, -0.1) is 0 Å². The van der Waals surface area contributed by atoms with Gasteiger partial charge in [0.15, 0.2) is 11.5 Å². The lowest BCUT2D eigenvalue weighted by Gasteiger charge is -2.06. The first-order chi connectivity index (χ1) is 8.40. The number of hydrogen-bond donors (Lipinski definition) is 4. The van der Waals surface area contributed by atoms with Crippen molar-refractivity contribution in [3.8, 4) is 11.5 Å². The van der Waals surface area contributed by atoms with E-state index < -0.39 is 17.9 Å². The molecule has 96 valence electrons. The molecule has 0 aliphatic rings. The number of phenolic OH excluding ortho intramolecular Hbond substituents is 2. The van der Waals surface area contributed by atoms with Crippen molar-refractivity contribution in [3.63, 3.8) is 0 Å². The van der Waals surface area contributed by atoms with Crippen LogP contribution in [0.4, 0.5) is 0 Å². The molecule has 0 radical (unpaired) electrons. The summed E-state index contributed by atoms with van der Waals surface area (Å²) in [5.41, 5.74) is 0.503. The minimum Gasteiger partial charge on any atom is -0.504 e. The van der Waals surface area contributed by atoms with Gasteiger partial charge in [0.2, 0.25) is 5.91 Å². The maximum atomic E-state index is 11.3. The van der Waals surface area contributed by atoms with Gasteiger partial charge >= 0.3 is 5.97 Å². The Morgan fingerprint density at radius 2 is 1.94 bits per heavy atom. The maximum absolute atomic E-state index is 11.3. The first-order valence-electron chi connectivity index (χ1n) is 5.13. The van der Waals surface area contributed by atoms with Crippen molar-refractivity contribution in [3.05, 3.63) is 29.8 Å². The summed E-state index contributed by atoms with van der Waals surface area (Å²) in [5, 5.41) is 29.1. The second kappa shape index (κ2) is 5.72. The fraction of sp³-hybridized carbons (Fsp3) is 0.167. The zero-order valence-corrected chi connectivity index (χ0v) is 9.62. The van der Waals surface area contributed by atoms with E-state index in [1.165, 1.54) is 31.2 Å². The van der Waals surface area contributed by atoms with E-state index in [4.69, 9.17) is 10.2 Å². The molecule has 0 aromatic heterocycles. The van der Waals surface area contributed by atoms with E-state index in [9.17, 15) is 14.7 Å². The molecular formula is C12H13NO5. The monoisotopic (exact) mass is 251 g/mol. The van der Waals surface area contributed by atoms with Gasteiger partial charge in [-0.1, -0.05) is 6.07 Å². The normalized spacial score (nSPS) is 12.3. The third-order valence-electron chi connectivity index (χ3n) is 2.16. The summed E-state index contributed by atoms with van der Waals surface area (Å²) in [6, 6.07) is 3.08. The van der Waals surface area contributed by atoms with Gasteiger partial charge in [0.25, 0.3) is 0 Å². The van der Waals surface area contributed by atoms with Crippen molar-refractivity contribution in [2.75, 3.05) is 0 Å². The molecule has 1 rings (SSSR count). The van der Waals surface area contributed by atoms with Crippen LogP contribution in [0.1, 0.15) is 12.5 Å². The van der Waals surface area contributed by atoms with Crippen molar-refractivity contribution in [1.82, 2.24) is 5.32 Å². The highest BCUT2D eigenvalue weighted by Gasteiger charge is 2.11. The van der Waals surface area contributed by atoms with Crippen molar-refractivity contribution in [1.29, 1.82) is 0 Å². The molecule has 18 heavy (non-hydrogen) atoms. The average molecular weight is 251 g/mol. The van der Waals surface area contributed by atoms with Crippen molar-refractivity contribution < 1.29 is 24.9 Å². The third-order valence-corrected chi connectivity index (χ3v) is 2.16. The summed E-state index contributed by atoms with van der Waals surface area (Å²) < 4.78 is 0. The number of hydrogen-bond acceptors (Lipinski definition) is 4. The van der Waals surface area contributed by atoms with Crippen LogP contribution < -0.4 is 5.32 Å². The molecule has 1 atom stereocenters. The van der Waals surface area contributed by atoms with E-state index in [1.54, 1.807) is 0 Å². The average Bonchev–Trinajstić information content (AvgIpc) is 2.30. The highest BCUT2D eigenvalue weighted by molar-refractivity contribution is 5.94. The van der Waals surface area contributed by atoms with E-state index in [0.29, 0.717) is 5.56 Å². The number of carbonyl (C=O) groups is 2. The quantitative estimate of drug-likeness (QED) is 0.465. The van der Waals surface area contributed by atoms with Crippen molar-refractivity contribution in [2.24, 2.45) is 0 Å². The third kappa shape index (κ3) is 3.82.